The van der Waals surface area contributed by atoms with Crippen LogP contribution in [-0.2, 0) is 21.9 Å². The molecule has 1 N–H and O–H groups in total. The first-order valence-electron chi connectivity index (χ1n) is 11.4. The van der Waals surface area contributed by atoms with E-state index in [1.54, 1.807) is 14.9 Å². The standard InChI is InChI=1S/C22H23F6N5O4/c23-21(24,25)13-1-4-17(29-10-13)32-5-7-33(8-6-32)18(34)9-14-2-3-15(37-14)12-36-16-11-30-31-20(35)19(16)22(26,27)28/h1,4,10-11,14-15H,2-3,5-9,12H2,(H,31,35)/t14-,15-/m0/s1. The van der Waals surface area contributed by atoms with Crippen LogP contribution in [0.4, 0.5) is 32.2 Å². The molecular formula is C22H23F6N5O4. The van der Waals surface area contributed by atoms with Gasteiger partial charge in [0.1, 0.15) is 12.4 Å². The molecule has 0 spiro atoms. The van der Waals surface area contributed by atoms with E-state index in [1.165, 1.54) is 6.07 Å². The van der Waals surface area contributed by atoms with E-state index in [2.05, 4.69) is 10.1 Å². The SMILES string of the molecule is O=C(C[C@@H]1CC[C@@H](COc2cn[nH]c(=O)c2C(F)(F)F)O1)N1CCN(c2ccc(C(F)(F)F)cn2)CC1. The summed E-state index contributed by atoms with van der Waals surface area (Å²) < 4.78 is 88.5. The number of nitrogens with one attached hydrogen (secondary N) is 1. The van der Waals surface area contributed by atoms with Gasteiger partial charge in [0.15, 0.2) is 11.3 Å². The molecule has 0 aromatic carbocycles. The summed E-state index contributed by atoms with van der Waals surface area (Å²) in [6, 6.07) is 2.27. The fraction of sp³-hybridized carbons (Fsp3) is 0.545. The van der Waals surface area contributed by atoms with Crippen molar-refractivity contribution in [1.29, 1.82) is 0 Å². The summed E-state index contributed by atoms with van der Waals surface area (Å²) in [5.41, 5.74) is -3.71. The Morgan fingerprint density at radius 1 is 1.03 bits per heavy atom. The Hall–Kier alpha value is -3.36. The number of hydrogen-bond acceptors (Lipinski definition) is 7. The number of H-pyrrole nitrogens is 1. The molecule has 2 atom stereocenters. The summed E-state index contributed by atoms with van der Waals surface area (Å²) in [4.78, 5) is 31.5. The molecule has 2 aromatic heterocycles. The molecule has 2 fully saturated rings. The first-order chi connectivity index (χ1) is 17.4. The Morgan fingerprint density at radius 2 is 1.73 bits per heavy atom. The third-order valence-electron chi connectivity index (χ3n) is 6.16. The Balaban J connectivity index is 1.23. The molecule has 0 unspecified atom stereocenters. The Kier molecular flexibility index (Phi) is 7.62. The molecule has 0 bridgehead atoms. The number of piperazine rings is 1. The van der Waals surface area contributed by atoms with Crippen LogP contribution in [0.5, 0.6) is 5.75 Å². The van der Waals surface area contributed by atoms with Gasteiger partial charge >= 0.3 is 12.4 Å². The van der Waals surface area contributed by atoms with Gasteiger partial charge < -0.3 is 19.3 Å². The second-order valence-corrected chi connectivity index (χ2v) is 8.68. The minimum absolute atomic E-state index is 0.0788. The number of halogens is 6. The van der Waals surface area contributed by atoms with Gasteiger partial charge in [0.2, 0.25) is 5.91 Å². The van der Waals surface area contributed by atoms with Crippen molar-refractivity contribution in [2.75, 3.05) is 37.7 Å². The van der Waals surface area contributed by atoms with Crippen molar-refractivity contribution >= 4 is 11.7 Å². The molecular weight excluding hydrogens is 512 g/mol. The Labute approximate surface area is 206 Å². The van der Waals surface area contributed by atoms with Crippen LogP contribution in [0.3, 0.4) is 0 Å². The number of nitrogens with zero attached hydrogens (tertiary/aromatic N) is 4. The van der Waals surface area contributed by atoms with Crippen LogP contribution in [-0.4, -0.2) is 71.0 Å². The second kappa shape index (κ2) is 10.6. The Bertz CT molecular complexity index is 1150. The minimum atomic E-state index is -4.91. The zero-order valence-corrected chi connectivity index (χ0v) is 19.3. The highest BCUT2D eigenvalue weighted by atomic mass is 19.4. The lowest BCUT2D eigenvalue weighted by Gasteiger charge is -2.36. The molecule has 0 saturated carbocycles. The average Bonchev–Trinajstić information content (AvgIpc) is 3.28. The number of carbonyl (C=O) groups is 1. The van der Waals surface area contributed by atoms with Crippen molar-refractivity contribution in [1.82, 2.24) is 20.1 Å². The molecule has 0 radical (unpaired) electrons. The fourth-order valence-corrected chi connectivity index (χ4v) is 4.24. The molecule has 2 aromatic rings. The second-order valence-electron chi connectivity index (χ2n) is 8.68. The number of pyridine rings is 1. The molecule has 4 heterocycles. The zero-order chi connectivity index (χ0) is 26.8. The van der Waals surface area contributed by atoms with Crippen molar-refractivity contribution in [2.24, 2.45) is 0 Å². The molecule has 0 aliphatic carbocycles. The van der Waals surface area contributed by atoms with Crippen molar-refractivity contribution in [3.63, 3.8) is 0 Å². The van der Waals surface area contributed by atoms with Gasteiger partial charge in [-0.05, 0) is 25.0 Å². The zero-order valence-electron chi connectivity index (χ0n) is 19.3. The summed E-state index contributed by atoms with van der Waals surface area (Å²) in [5, 5.41) is 5.07. The minimum Gasteiger partial charge on any atom is -0.488 e. The highest BCUT2D eigenvalue weighted by molar-refractivity contribution is 5.77. The normalized spacial score (nSPS) is 20.8. The smallest absolute Gasteiger partial charge is 0.425 e. The van der Waals surface area contributed by atoms with E-state index in [9.17, 15) is 35.9 Å². The summed E-state index contributed by atoms with van der Waals surface area (Å²) in [6.07, 6.45) is -7.76. The fourth-order valence-electron chi connectivity index (χ4n) is 4.24. The monoisotopic (exact) mass is 535 g/mol. The van der Waals surface area contributed by atoms with Gasteiger partial charge in [-0.1, -0.05) is 0 Å². The average molecular weight is 535 g/mol. The first kappa shape index (κ1) is 26.7. The molecule has 2 aliphatic rings. The quantitative estimate of drug-likeness (QED) is 0.568. The molecule has 202 valence electrons. The Morgan fingerprint density at radius 3 is 2.35 bits per heavy atom. The number of hydrogen-bond donors (Lipinski definition) is 1. The third kappa shape index (κ3) is 6.50. The van der Waals surface area contributed by atoms with Gasteiger partial charge in [0.05, 0.1) is 30.4 Å². The lowest BCUT2D eigenvalue weighted by atomic mass is 10.1. The molecule has 4 rings (SSSR count). The van der Waals surface area contributed by atoms with Crippen molar-refractivity contribution < 1.29 is 40.6 Å². The van der Waals surface area contributed by atoms with Crippen LogP contribution in [0, 0.1) is 0 Å². The highest BCUT2D eigenvalue weighted by Crippen LogP contribution is 2.33. The van der Waals surface area contributed by atoms with Gasteiger partial charge in [0.25, 0.3) is 5.56 Å². The number of carbonyl (C=O) groups excluding carboxylic acids is 1. The maximum Gasteiger partial charge on any atom is 0.425 e. The van der Waals surface area contributed by atoms with E-state index in [4.69, 9.17) is 9.47 Å². The van der Waals surface area contributed by atoms with Gasteiger partial charge in [0, 0.05) is 32.4 Å². The molecule has 1 amide bonds. The number of aromatic amines is 1. The third-order valence-corrected chi connectivity index (χ3v) is 6.16. The van der Waals surface area contributed by atoms with Crippen molar-refractivity contribution in [3.05, 3.63) is 46.0 Å². The van der Waals surface area contributed by atoms with Crippen molar-refractivity contribution in [3.8, 4) is 5.75 Å². The summed E-state index contributed by atoms with van der Waals surface area (Å²) in [7, 11) is 0. The summed E-state index contributed by atoms with van der Waals surface area (Å²) in [6.45, 7) is 1.28. The van der Waals surface area contributed by atoms with Crippen LogP contribution in [0.15, 0.2) is 29.3 Å². The predicted molar refractivity (Wildman–Crippen MR) is 116 cm³/mol. The number of anilines is 1. The summed E-state index contributed by atoms with van der Waals surface area (Å²) >= 11 is 0. The largest absolute Gasteiger partial charge is 0.488 e. The van der Waals surface area contributed by atoms with Crippen LogP contribution < -0.4 is 15.2 Å². The number of aromatic nitrogens is 3. The van der Waals surface area contributed by atoms with Crippen LogP contribution >= 0.6 is 0 Å². The van der Waals surface area contributed by atoms with E-state index in [0.29, 0.717) is 44.8 Å². The summed E-state index contributed by atoms with van der Waals surface area (Å²) in [5.74, 6) is -0.462. The molecule has 15 heteroatoms. The van der Waals surface area contributed by atoms with Gasteiger partial charge in [-0.2, -0.15) is 31.4 Å². The van der Waals surface area contributed by atoms with Gasteiger partial charge in [-0.3, -0.25) is 9.59 Å². The number of rotatable bonds is 6. The molecule has 2 saturated heterocycles. The van der Waals surface area contributed by atoms with Gasteiger partial charge in [-0.15, -0.1) is 0 Å². The van der Waals surface area contributed by atoms with E-state index in [1.807, 2.05) is 0 Å². The van der Waals surface area contributed by atoms with E-state index < -0.39 is 47.0 Å². The lowest BCUT2D eigenvalue weighted by molar-refractivity contribution is -0.141. The molecule has 37 heavy (non-hydrogen) atoms. The van der Waals surface area contributed by atoms with Crippen LogP contribution in [0.2, 0.25) is 0 Å². The lowest BCUT2D eigenvalue weighted by Crippen LogP contribution is -2.49. The maximum absolute atomic E-state index is 13.1. The van der Waals surface area contributed by atoms with Crippen LogP contribution in [0.25, 0.3) is 0 Å². The van der Waals surface area contributed by atoms with E-state index in [0.717, 1.165) is 18.5 Å². The predicted octanol–water partition coefficient (Wildman–Crippen LogP) is 2.87. The van der Waals surface area contributed by atoms with Crippen LogP contribution in [0.1, 0.15) is 30.4 Å². The number of alkyl halides is 6. The highest BCUT2D eigenvalue weighted by Gasteiger charge is 2.39. The van der Waals surface area contributed by atoms with Gasteiger partial charge in [-0.25, -0.2) is 10.1 Å². The number of amides is 1. The number of ether oxygens (including phenoxy) is 2. The van der Waals surface area contributed by atoms with E-state index >= 15 is 0 Å². The maximum atomic E-state index is 13.1. The molecule has 9 nitrogen and oxygen atoms in total. The van der Waals surface area contributed by atoms with Crippen molar-refractivity contribution in [2.45, 2.75) is 43.8 Å². The first-order valence-corrected chi connectivity index (χ1v) is 11.4. The topological polar surface area (TPSA) is 101 Å². The molecule has 2 aliphatic heterocycles. The van der Waals surface area contributed by atoms with E-state index in [-0.39, 0.29) is 18.9 Å².